The van der Waals surface area contributed by atoms with E-state index in [1.54, 1.807) is 6.20 Å². The van der Waals surface area contributed by atoms with Gasteiger partial charge >= 0.3 is 6.18 Å². The third-order valence-electron chi connectivity index (χ3n) is 2.66. The molecule has 0 fully saturated rings. The van der Waals surface area contributed by atoms with Crippen molar-refractivity contribution in [2.75, 3.05) is 5.32 Å². The van der Waals surface area contributed by atoms with Crippen molar-refractivity contribution in [3.05, 3.63) is 42.1 Å². The van der Waals surface area contributed by atoms with Crippen LogP contribution in [-0.2, 0) is 6.18 Å². The van der Waals surface area contributed by atoms with Crippen molar-refractivity contribution >= 4 is 5.82 Å². The number of nitrogens with one attached hydrogen (secondary N) is 2. The van der Waals surface area contributed by atoms with Crippen molar-refractivity contribution in [2.24, 2.45) is 0 Å². The van der Waals surface area contributed by atoms with Crippen molar-refractivity contribution in [2.45, 2.75) is 25.6 Å². The topological polar surface area (TPSA) is 53.6 Å². The molecule has 0 aliphatic heterocycles. The van der Waals surface area contributed by atoms with Crippen molar-refractivity contribution in [3.63, 3.8) is 0 Å². The summed E-state index contributed by atoms with van der Waals surface area (Å²) in [6.07, 6.45) is -0.582. The van der Waals surface area contributed by atoms with Crippen LogP contribution >= 0.6 is 0 Å². The van der Waals surface area contributed by atoms with Gasteiger partial charge in [-0.25, -0.2) is 9.97 Å². The SMILES string of the molecule is CCC(Nc1cccc(C(F)(F)F)n1)c1cnc[nH]1. The fourth-order valence-corrected chi connectivity index (χ4v) is 1.71. The van der Waals surface area contributed by atoms with Gasteiger partial charge in [0.05, 0.1) is 24.3 Å². The number of pyridine rings is 1. The van der Waals surface area contributed by atoms with Gasteiger partial charge < -0.3 is 10.3 Å². The molecule has 7 heteroatoms. The highest BCUT2D eigenvalue weighted by Gasteiger charge is 2.32. The summed E-state index contributed by atoms with van der Waals surface area (Å²) in [7, 11) is 0. The van der Waals surface area contributed by atoms with Gasteiger partial charge in [0.25, 0.3) is 0 Å². The maximum absolute atomic E-state index is 12.6. The number of anilines is 1. The number of imidazole rings is 1. The van der Waals surface area contributed by atoms with E-state index in [1.165, 1.54) is 18.5 Å². The van der Waals surface area contributed by atoms with Gasteiger partial charge in [-0.1, -0.05) is 13.0 Å². The van der Waals surface area contributed by atoms with Crippen LogP contribution in [0.25, 0.3) is 0 Å². The van der Waals surface area contributed by atoms with Crippen LogP contribution in [0, 0.1) is 0 Å². The van der Waals surface area contributed by atoms with E-state index in [9.17, 15) is 13.2 Å². The van der Waals surface area contributed by atoms with Crippen LogP contribution in [-0.4, -0.2) is 15.0 Å². The summed E-state index contributed by atoms with van der Waals surface area (Å²) in [4.78, 5) is 10.4. The molecule has 0 radical (unpaired) electrons. The molecule has 0 aliphatic carbocycles. The maximum atomic E-state index is 12.6. The molecule has 0 aromatic carbocycles. The Bertz CT molecular complexity index is 522. The Balaban J connectivity index is 2.19. The molecule has 1 atom stereocenters. The zero-order chi connectivity index (χ0) is 13.9. The highest BCUT2D eigenvalue weighted by molar-refractivity contribution is 5.38. The first-order valence-electron chi connectivity index (χ1n) is 5.79. The molecule has 2 N–H and O–H groups in total. The van der Waals surface area contributed by atoms with Gasteiger partial charge in [0.1, 0.15) is 11.5 Å². The van der Waals surface area contributed by atoms with Crippen LogP contribution < -0.4 is 5.32 Å². The minimum atomic E-state index is -4.44. The highest BCUT2D eigenvalue weighted by Crippen LogP contribution is 2.29. The number of rotatable bonds is 4. The average molecular weight is 270 g/mol. The lowest BCUT2D eigenvalue weighted by Gasteiger charge is -2.16. The number of halogens is 3. The largest absolute Gasteiger partial charge is 0.433 e. The first kappa shape index (κ1) is 13.4. The monoisotopic (exact) mass is 270 g/mol. The number of nitrogens with zero attached hydrogens (tertiary/aromatic N) is 2. The van der Waals surface area contributed by atoms with Gasteiger partial charge in [-0.05, 0) is 18.6 Å². The van der Waals surface area contributed by atoms with Gasteiger partial charge in [-0.2, -0.15) is 13.2 Å². The van der Waals surface area contributed by atoms with E-state index in [-0.39, 0.29) is 11.9 Å². The van der Waals surface area contributed by atoms with Crippen molar-refractivity contribution in [1.82, 2.24) is 15.0 Å². The predicted molar refractivity (Wildman–Crippen MR) is 64.5 cm³/mol. The van der Waals surface area contributed by atoms with E-state index in [0.717, 1.165) is 11.8 Å². The van der Waals surface area contributed by atoms with E-state index < -0.39 is 11.9 Å². The summed E-state index contributed by atoms with van der Waals surface area (Å²) in [5, 5.41) is 2.96. The maximum Gasteiger partial charge on any atom is 0.433 e. The van der Waals surface area contributed by atoms with Crippen LogP contribution in [0.2, 0.25) is 0 Å². The van der Waals surface area contributed by atoms with Gasteiger partial charge in [-0.3, -0.25) is 0 Å². The Kier molecular flexibility index (Phi) is 3.73. The number of hydrogen-bond donors (Lipinski definition) is 2. The molecule has 0 aliphatic rings. The first-order chi connectivity index (χ1) is 9.00. The normalized spacial score (nSPS) is 13.3. The lowest BCUT2D eigenvalue weighted by atomic mass is 10.1. The lowest BCUT2D eigenvalue weighted by Crippen LogP contribution is -2.14. The third kappa shape index (κ3) is 3.24. The second-order valence-corrected chi connectivity index (χ2v) is 4.02. The molecule has 4 nitrogen and oxygen atoms in total. The molecule has 0 saturated heterocycles. The van der Waals surface area contributed by atoms with Gasteiger partial charge in [0, 0.05) is 0 Å². The number of alkyl halides is 3. The van der Waals surface area contributed by atoms with Crippen molar-refractivity contribution < 1.29 is 13.2 Å². The summed E-state index contributed by atoms with van der Waals surface area (Å²) in [6, 6.07) is 3.63. The molecule has 2 rings (SSSR count). The summed E-state index contributed by atoms with van der Waals surface area (Å²) in [5.74, 6) is 0.191. The van der Waals surface area contributed by atoms with Crippen LogP contribution in [0.15, 0.2) is 30.7 Å². The quantitative estimate of drug-likeness (QED) is 0.895. The molecule has 2 heterocycles. The molecule has 2 aromatic rings. The molecule has 1 unspecified atom stereocenters. The molecule has 0 spiro atoms. The average Bonchev–Trinajstić information content (AvgIpc) is 2.89. The van der Waals surface area contributed by atoms with Crippen LogP contribution in [0.3, 0.4) is 0 Å². The second kappa shape index (κ2) is 5.29. The fourth-order valence-electron chi connectivity index (χ4n) is 1.71. The Morgan fingerprint density at radius 2 is 2.16 bits per heavy atom. The molecular weight excluding hydrogens is 257 g/mol. The Labute approximate surface area is 108 Å². The van der Waals surface area contributed by atoms with E-state index in [1.807, 2.05) is 6.92 Å². The smallest absolute Gasteiger partial charge is 0.362 e. The third-order valence-corrected chi connectivity index (χ3v) is 2.66. The summed E-state index contributed by atoms with van der Waals surface area (Å²) >= 11 is 0. The standard InChI is InChI=1S/C12H13F3N4/c1-2-8(9-6-16-7-17-9)18-11-5-3-4-10(19-11)12(13,14)15/h3-8H,2H2,1H3,(H,16,17)(H,18,19). The number of aromatic amines is 1. The van der Waals surface area contributed by atoms with Crippen LogP contribution in [0.5, 0.6) is 0 Å². The number of aromatic nitrogens is 3. The van der Waals surface area contributed by atoms with Gasteiger partial charge in [0.15, 0.2) is 0 Å². The summed E-state index contributed by atoms with van der Waals surface area (Å²) in [5.41, 5.74) is -0.0984. The molecule has 0 saturated carbocycles. The summed E-state index contributed by atoms with van der Waals surface area (Å²) < 4.78 is 37.7. The number of H-pyrrole nitrogens is 1. The van der Waals surface area contributed by atoms with E-state index >= 15 is 0 Å². The predicted octanol–water partition coefficient (Wildman–Crippen LogP) is 3.39. The molecule has 2 aromatic heterocycles. The Hall–Kier alpha value is -2.05. The van der Waals surface area contributed by atoms with Crippen molar-refractivity contribution in [1.29, 1.82) is 0 Å². The zero-order valence-electron chi connectivity index (χ0n) is 10.2. The van der Waals surface area contributed by atoms with Crippen LogP contribution in [0.4, 0.5) is 19.0 Å². The minimum absolute atomic E-state index is 0.154. The zero-order valence-corrected chi connectivity index (χ0v) is 10.2. The molecule has 19 heavy (non-hydrogen) atoms. The fraction of sp³-hybridized carbons (Fsp3) is 0.333. The van der Waals surface area contributed by atoms with E-state index in [4.69, 9.17) is 0 Å². The number of hydrogen-bond acceptors (Lipinski definition) is 3. The molecular formula is C12H13F3N4. The highest BCUT2D eigenvalue weighted by atomic mass is 19.4. The Morgan fingerprint density at radius 1 is 1.37 bits per heavy atom. The Morgan fingerprint density at radius 3 is 2.74 bits per heavy atom. The lowest BCUT2D eigenvalue weighted by molar-refractivity contribution is -0.141. The second-order valence-electron chi connectivity index (χ2n) is 4.02. The van der Waals surface area contributed by atoms with E-state index in [2.05, 4.69) is 20.3 Å². The van der Waals surface area contributed by atoms with Crippen molar-refractivity contribution in [3.8, 4) is 0 Å². The molecule has 102 valence electrons. The van der Waals surface area contributed by atoms with E-state index in [0.29, 0.717) is 6.42 Å². The molecule has 0 amide bonds. The first-order valence-corrected chi connectivity index (χ1v) is 5.79. The van der Waals surface area contributed by atoms with Gasteiger partial charge in [0.2, 0.25) is 0 Å². The van der Waals surface area contributed by atoms with Crippen LogP contribution in [0.1, 0.15) is 30.8 Å². The minimum Gasteiger partial charge on any atom is -0.362 e. The van der Waals surface area contributed by atoms with Gasteiger partial charge in [-0.15, -0.1) is 0 Å². The summed E-state index contributed by atoms with van der Waals surface area (Å²) in [6.45, 7) is 1.92. The molecule has 0 bridgehead atoms.